The van der Waals surface area contributed by atoms with Crippen LogP contribution in [0.25, 0.3) is 0 Å². The molecule has 15 heteroatoms. The fourth-order valence-corrected chi connectivity index (χ4v) is 8.64. The van der Waals surface area contributed by atoms with Crippen molar-refractivity contribution in [2.24, 2.45) is 41.2 Å². The molecule has 0 aromatic heterocycles. The number of cyclic esters (lactones) is 1. The number of hydrogen-bond acceptors (Lipinski definition) is 14. The Morgan fingerprint density at radius 3 is 2.30 bits per heavy atom. The molecule has 15 nitrogen and oxygen atoms in total. The Kier molecular flexibility index (Phi) is 19.5. The first-order chi connectivity index (χ1) is 28.1. The molecular weight excluding hydrogens is 778 g/mol. The Balaban J connectivity index is 1.99. The number of rotatable bonds is 10. The molecule has 3 unspecified atom stereocenters. The average molecular weight is 852 g/mol. The molecule has 2 fully saturated rings. The molecule has 3 rings (SSSR count). The summed E-state index contributed by atoms with van der Waals surface area (Å²) in [5, 5.41) is 57.6. The molecule has 0 bridgehead atoms. The van der Waals surface area contributed by atoms with Crippen LogP contribution in [-0.2, 0) is 38.0 Å². The lowest BCUT2D eigenvalue weighted by molar-refractivity contribution is -0.338. The Bertz CT molecular complexity index is 1550. The van der Waals surface area contributed by atoms with Crippen molar-refractivity contribution in [2.75, 3.05) is 14.2 Å². The average Bonchev–Trinajstić information content (AvgIpc) is 3.18. The predicted molar refractivity (Wildman–Crippen MR) is 224 cm³/mol. The Morgan fingerprint density at radius 2 is 1.72 bits per heavy atom. The molecule has 0 aromatic carbocycles. The van der Waals surface area contributed by atoms with Gasteiger partial charge in [-0.25, -0.2) is 9.59 Å². The van der Waals surface area contributed by atoms with Crippen molar-refractivity contribution in [3.05, 3.63) is 59.4 Å². The first-order valence-electron chi connectivity index (χ1n) is 21.1. The van der Waals surface area contributed by atoms with Crippen molar-refractivity contribution < 1.29 is 68.3 Å². The molecule has 3 aliphatic rings. The van der Waals surface area contributed by atoms with Gasteiger partial charge in [-0.15, -0.1) is 0 Å². The normalized spacial score (nSPS) is 39.5. The molecule has 0 aromatic rings. The van der Waals surface area contributed by atoms with Crippen molar-refractivity contribution in [3.8, 4) is 0 Å². The van der Waals surface area contributed by atoms with Crippen molar-refractivity contribution in [2.45, 2.75) is 162 Å². The summed E-state index contributed by atoms with van der Waals surface area (Å²) in [5.74, 6) is -6.06. The van der Waals surface area contributed by atoms with Gasteiger partial charge in [0.15, 0.2) is 18.2 Å². The third-order valence-electron chi connectivity index (χ3n) is 12.5. The van der Waals surface area contributed by atoms with E-state index in [0.717, 1.165) is 5.57 Å². The number of nitrogens with two attached hydrogens (primary N) is 1. The quantitative estimate of drug-likeness (QED) is 0.131. The minimum absolute atomic E-state index is 0.0314. The van der Waals surface area contributed by atoms with Gasteiger partial charge in [0, 0.05) is 49.5 Å². The van der Waals surface area contributed by atoms with Gasteiger partial charge in [-0.2, -0.15) is 0 Å². The van der Waals surface area contributed by atoms with Gasteiger partial charge in [-0.3, -0.25) is 0 Å². The lowest BCUT2D eigenvalue weighted by atomic mass is 9.77. The molecule has 2 saturated heterocycles. The Hall–Kier alpha value is -3.12. The van der Waals surface area contributed by atoms with Crippen LogP contribution >= 0.6 is 0 Å². The van der Waals surface area contributed by atoms with Gasteiger partial charge in [0.25, 0.3) is 0 Å². The number of allylic oxidation sites excluding steroid dienone is 6. The number of carbonyl (C=O) groups is 2. The summed E-state index contributed by atoms with van der Waals surface area (Å²) in [6.07, 6.45) is 1.54. The summed E-state index contributed by atoms with van der Waals surface area (Å²) in [4.78, 5) is 25.3. The van der Waals surface area contributed by atoms with Crippen LogP contribution in [0, 0.1) is 35.5 Å². The largest absolute Gasteiger partial charge is 0.490 e. The maximum atomic E-state index is 13.9. The highest BCUT2D eigenvalue weighted by molar-refractivity contribution is 5.87. The molecule has 3 heterocycles. The molecule has 0 saturated carbocycles. The van der Waals surface area contributed by atoms with Crippen LogP contribution < -0.4 is 5.73 Å². The number of amides is 1. The Morgan fingerprint density at radius 1 is 1.05 bits per heavy atom. The van der Waals surface area contributed by atoms with E-state index in [4.69, 9.17) is 38.9 Å². The van der Waals surface area contributed by atoms with Crippen molar-refractivity contribution in [1.82, 2.24) is 0 Å². The van der Waals surface area contributed by atoms with Crippen LogP contribution in [0.3, 0.4) is 0 Å². The van der Waals surface area contributed by atoms with E-state index in [1.54, 1.807) is 58.1 Å². The van der Waals surface area contributed by atoms with Crippen molar-refractivity contribution in [1.29, 1.82) is 0 Å². The minimum Gasteiger partial charge on any atom is -0.490 e. The van der Waals surface area contributed by atoms with E-state index in [0.29, 0.717) is 12.0 Å². The summed E-state index contributed by atoms with van der Waals surface area (Å²) < 4.78 is 41.3. The van der Waals surface area contributed by atoms with Gasteiger partial charge in [-0.05, 0) is 46.1 Å². The molecule has 0 aliphatic carbocycles. The highest BCUT2D eigenvalue weighted by atomic mass is 16.7. The highest BCUT2D eigenvalue weighted by Gasteiger charge is 2.52. The smallest absolute Gasteiger partial charge is 0.404 e. The number of primary amides is 1. The van der Waals surface area contributed by atoms with Crippen molar-refractivity contribution >= 4 is 12.1 Å². The molecule has 1 amide bonds. The number of ether oxygens (including phenoxy) is 7. The van der Waals surface area contributed by atoms with Gasteiger partial charge < -0.3 is 64.4 Å². The van der Waals surface area contributed by atoms with Crippen LogP contribution in [0.1, 0.15) is 88.5 Å². The van der Waals surface area contributed by atoms with Crippen LogP contribution in [0.5, 0.6) is 0 Å². The van der Waals surface area contributed by atoms with Gasteiger partial charge in [0.05, 0.1) is 49.8 Å². The third kappa shape index (κ3) is 13.2. The predicted octanol–water partition coefficient (Wildman–Crippen LogP) is 4.59. The zero-order chi connectivity index (χ0) is 45.2. The summed E-state index contributed by atoms with van der Waals surface area (Å²) in [6, 6.07) is 0. The van der Waals surface area contributed by atoms with Crippen LogP contribution in [-0.4, -0.2) is 125 Å². The number of aliphatic hydroxyl groups excluding tert-OH is 4. The first kappa shape index (κ1) is 51.2. The molecule has 7 N–H and O–H groups in total. The highest BCUT2D eigenvalue weighted by Crippen LogP contribution is 2.42. The fraction of sp³-hybridized carbons (Fsp3) is 0.733. The summed E-state index contributed by atoms with van der Waals surface area (Å²) in [5.41, 5.74) is 6.76. The second-order valence-electron chi connectivity index (χ2n) is 17.3. The topological polar surface area (TPSA) is 226 Å². The molecular formula is C45H73NO14. The lowest BCUT2D eigenvalue weighted by Crippen LogP contribution is -2.59. The molecule has 3 aliphatic heterocycles. The zero-order valence-corrected chi connectivity index (χ0v) is 37.5. The van der Waals surface area contributed by atoms with E-state index in [1.807, 2.05) is 47.6 Å². The molecule has 342 valence electrons. The summed E-state index contributed by atoms with van der Waals surface area (Å²) in [6.45, 7) is 18.0. The second-order valence-corrected chi connectivity index (χ2v) is 17.3. The van der Waals surface area contributed by atoms with E-state index < -0.39 is 103 Å². The SMILES string of the molecule is CC=C[C@H]1O[C@@](O)([C@@H](C)C(O)C(C)[C@H]2OC(=O)C(OC)=CC(C)=C[C@@H](C)[C@@H](O)[C@@H](C)[C@@H](O)C(C)CC(C)=CC=C[C@@H]2OC)C[C@@H](O[C@H]2C[C@@H](O)[C@H](OC(N)=O)[C@@H](C)O2)[C@@H]1C. The van der Waals surface area contributed by atoms with Crippen LogP contribution in [0.2, 0.25) is 0 Å². The van der Waals surface area contributed by atoms with Crippen molar-refractivity contribution in [3.63, 3.8) is 0 Å². The van der Waals surface area contributed by atoms with Crippen LogP contribution in [0.4, 0.5) is 4.79 Å². The molecule has 0 radical (unpaired) electrons. The van der Waals surface area contributed by atoms with E-state index >= 15 is 0 Å². The molecule has 18 atom stereocenters. The monoisotopic (exact) mass is 852 g/mol. The van der Waals surface area contributed by atoms with Gasteiger partial charge in [0.2, 0.25) is 5.76 Å². The maximum Gasteiger partial charge on any atom is 0.404 e. The second kappa shape index (κ2) is 22.8. The molecule has 60 heavy (non-hydrogen) atoms. The number of aliphatic hydroxyl groups is 5. The number of hydrogen-bond donors (Lipinski definition) is 6. The van der Waals surface area contributed by atoms with Gasteiger partial charge >= 0.3 is 12.1 Å². The fourth-order valence-electron chi connectivity index (χ4n) is 8.64. The van der Waals surface area contributed by atoms with E-state index in [9.17, 15) is 35.1 Å². The van der Waals surface area contributed by atoms with Gasteiger partial charge in [-0.1, -0.05) is 89.1 Å². The lowest BCUT2D eigenvalue weighted by Gasteiger charge is -2.49. The minimum atomic E-state index is -1.97. The first-order valence-corrected chi connectivity index (χ1v) is 21.1. The van der Waals surface area contributed by atoms with E-state index in [-0.39, 0.29) is 36.4 Å². The number of esters is 1. The summed E-state index contributed by atoms with van der Waals surface area (Å²) >= 11 is 0. The Labute approximate surface area is 356 Å². The summed E-state index contributed by atoms with van der Waals surface area (Å²) in [7, 11) is 2.80. The van der Waals surface area contributed by atoms with Gasteiger partial charge in [0.1, 0.15) is 12.2 Å². The van der Waals surface area contributed by atoms with E-state index in [2.05, 4.69) is 0 Å². The van der Waals surface area contributed by atoms with Crippen LogP contribution in [0.15, 0.2) is 59.4 Å². The van der Waals surface area contributed by atoms with E-state index in [1.165, 1.54) is 20.3 Å². The molecule has 0 spiro atoms. The zero-order valence-electron chi connectivity index (χ0n) is 37.5. The number of carbonyl (C=O) groups excluding carboxylic acids is 2. The maximum absolute atomic E-state index is 13.9. The standard InChI is InChI=1S/C45H73NO14/c1-13-15-33-27(6)36(57-37-21-32(47)42(31(10)56-37)59-44(46)52)22-45(53,60-33)30(9)40(50)29(8)41-34(54-11)17-14-16-23(2)18-25(4)38(48)28(7)39(49)26(5)19-24(3)20-35(55-12)43(51)58-41/h13-17,19-20,25-34,36-42,47-50,53H,18,21-22H2,1-12H3,(H2,46,52)/t25?,26-,27-,28+,29?,30+,31-,32-,33-,34+,36-,37+,38+,39-,40?,41-,42-,45-/m1/s1. The third-order valence-corrected chi connectivity index (χ3v) is 12.5. The number of methoxy groups -OCH3 is 2.